The standard InChI is InChI=1S/C11H19N3O2/c1-8(15-2)6-10-13-11(16-14-10)9-4-3-5-12-7-9/h8-9,12H,3-7H2,1-2H3/t8?,9-/m0/s1. The van der Waals surface area contributed by atoms with Gasteiger partial charge in [0.1, 0.15) is 0 Å². The Morgan fingerprint density at radius 1 is 1.62 bits per heavy atom. The van der Waals surface area contributed by atoms with Crippen LogP contribution in [-0.4, -0.2) is 36.4 Å². The summed E-state index contributed by atoms with van der Waals surface area (Å²) in [7, 11) is 1.69. The van der Waals surface area contributed by atoms with Crippen molar-refractivity contribution in [2.75, 3.05) is 20.2 Å². The van der Waals surface area contributed by atoms with Crippen LogP contribution in [0.2, 0.25) is 0 Å². The lowest BCUT2D eigenvalue weighted by molar-refractivity contribution is 0.116. The van der Waals surface area contributed by atoms with Crippen LogP contribution in [0.15, 0.2) is 4.52 Å². The van der Waals surface area contributed by atoms with E-state index in [4.69, 9.17) is 9.26 Å². The molecular formula is C11H19N3O2. The summed E-state index contributed by atoms with van der Waals surface area (Å²) in [6.07, 6.45) is 3.15. The number of hydrogen-bond donors (Lipinski definition) is 1. The van der Waals surface area contributed by atoms with Crippen LogP contribution in [0.25, 0.3) is 0 Å². The second-order valence-corrected chi connectivity index (χ2v) is 4.34. The molecule has 0 amide bonds. The Balaban J connectivity index is 1.95. The number of nitrogens with zero attached hydrogens (tertiary/aromatic N) is 2. The minimum absolute atomic E-state index is 0.134. The van der Waals surface area contributed by atoms with Crippen molar-refractivity contribution in [2.24, 2.45) is 0 Å². The van der Waals surface area contributed by atoms with Gasteiger partial charge in [-0.2, -0.15) is 4.98 Å². The first kappa shape index (κ1) is 11.5. The van der Waals surface area contributed by atoms with Gasteiger partial charge in [-0.15, -0.1) is 0 Å². The molecule has 0 saturated carbocycles. The molecule has 5 heteroatoms. The Labute approximate surface area is 95.6 Å². The summed E-state index contributed by atoms with van der Waals surface area (Å²) >= 11 is 0. The molecule has 0 aliphatic carbocycles. The fourth-order valence-electron chi connectivity index (χ4n) is 1.92. The van der Waals surface area contributed by atoms with E-state index < -0.39 is 0 Å². The number of aromatic nitrogens is 2. The van der Waals surface area contributed by atoms with Gasteiger partial charge in [0.05, 0.1) is 12.0 Å². The van der Waals surface area contributed by atoms with Gasteiger partial charge in [0.25, 0.3) is 0 Å². The lowest BCUT2D eigenvalue weighted by atomic mass is 10.00. The third kappa shape index (κ3) is 2.80. The molecule has 1 aromatic heterocycles. The Hall–Kier alpha value is -0.940. The lowest BCUT2D eigenvalue weighted by Gasteiger charge is -2.18. The number of hydrogen-bond acceptors (Lipinski definition) is 5. The highest BCUT2D eigenvalue weighted by Crippen LogP contribution is 2.21. The first-order chi connectivity index (χ1) is 7.79. The molecule has 0 spiro atoms. The maximum Gasteiger partial charge on any atom is 0.231 e. The van der Waals surface area contributed by atoms with Crippen LogP contribution < -0.4 is 5.32 Å². The first-order valence-corrected chi connectivity index (χ1v) is 5.85. The van der Waals surface area contributed by atoms with E-state index in [1.807, 2.05) is 6.92 Å². The molecule has 1 aliphatic heterocycles. The molecule has 1 aromatic rings. The van der Waals surface area contributed by atoms with Gasteiger partial charge in [0.2, 0.25) is 5.89 Å². The van der Waals surface area contributed by atoms with Gasteiger partial charge in [-0.05, 0) is 26.3 Å². The van der Waals surface area contributed by atoms with E-state index >= 15 is 0 Å². The van der Waals surface area contributed by atoms with Crippen molar-refractivity contribution < 1.29 is 9.26 Å². The normalized spacial score (nSPS) is 23.2. The Bertz CT molecular complexity index is 321. The first-order valence-electron chi connectivity index (χ1n) is 5.85. The van der Waals surface area contributed by atoms with E-state index in [2.05, 4.69) is 15.5 Å². The molecule has 2 atom stereocenters. The fraction of sp³-hybridized carbons (Fsp3) is 0.818. The van der Waals surface area contributed by atoms with Crippen molar-refractivity contribution >= 4 is 0 Å². The minimum atomic E-state index is 0.134. The highest BCUT2D eigenvalue weighted by Gasteiger charge is 2.21. The molecule has 16 heavy (non-hydrogen) atoms. The number of rotatable bonds is 4. The van der Waals surface area contributed by atoms with Gasteiger partial charge in [-0.25, -0.2) is 0 Å². The van der Waals surface area contributed by atoms with E-state index in [0.29, 0.717) is 12.3 Å². The van der Waals surface area contributed by atoms with Crippen molar-refractivity contribution in [2.45, 2.75) is 38.2 Å². The van der Waals surface area contributed by atoms with Crippen LogP contribution in [0.1, 0.15) is 37.4 Å². The third-order valence-electron chi connectivity index (χ3n) is 3.00. The summed E-state index contributed by atoms with van der Waals surface area (Å²) in [5, 5.41) is 7.33. The summed E-state index contributed by atoms with van der Waals surface area (Å²) in [5.74, 6) is 1.90. The van der Waals surface area contributed by atoms with Crippen LogP contribution in [0, 0.1) is 0 Å². The molecule has 2 heterocycles. The zero-order valence-corrected chi connectivity index (χ0v) is 9.90. The van der Waals surface area contributed by atoms with E-state index in [1.165, 1.54) is 6.42 Å². The van der Waals surface area contributed by atoms with Crippen molar-refractivity contribution in [3.63, 3.8) is 0 Å². The topological polar surface area (TPSA) is 60.2 Å². The Kier molecular flexibility index (Phi) is 3.90. The quantitative estimate of drug-likeness (QED) is 0.832. The molecular weight excluding hydrogens is 206 g/mol. The maximum absolute atomic E-state index is 5.29. The Morgan fingerprint density at radius 3 is 3.19 bits per heavy atom. The summed E-state index contributed by atoms with van der Waals surface area (Å²) in [5.41, 5.74) is 0. The molecule has 1 N–H and O–H groups in total. The molecule has 90 valence electrons. The van der Waals surface area contributed by atoms with Gasteiger partial charge in [-0.3, -0.25) is 0 Å². The molecule has 1 fully saturated rings. The number of piperidine rings is 1. The van der Waals surface area contributed by atoms with Gasteiger partial charge in [0, 0.05) is 20.1 Å². The molecule has 0 radical (unpaired) electrons. The summed E-state index contributed by atoms with van der Waals surface area (Å²) in [6, 6.07) is 0. The predicted molar refractivity (Wildman–Crippen MR) is 59.3 cm³/mol. The summed E-state index contributed by atoms with van der Waals surface area (Å²) in [6.45, 7) is 4.04. The SMILES string of the molecule is COC(C)Cc1noc([C@H]2CCCNC2)n1. The van der Waals surface area contributed by atoms with Crippen LogP contribution in [0.5, 0.6) is 0 Å². The van der Waals surface area contributed by atoms with Crippen molar-refractivity contribution in [3.05, 3.63) is 11.7 Å². The summed E-state index contributed by atoms with van der Waals surface area (Å²) < 4.78 is 10.5. The molecule has 0 bridgehead atoms. The third-order valence-corrected chi connectivity index (χ3v) is 3.00. The molecule has 0 aromatic carbocycles. The average molecular weight is 225 g/mol. The maximum atomic E-state index is 5.29. The highest BCUT2D eigenvalue weighted by molar-refractivity contribution is 4.97. The predicted octanol–water partition coefficient (Wildman–Crippen LogP) is 1.11. The minimum Gasteiger partial charge on any atom is -0.381 e. The molecule has 1 saturated heterocycles. The number of nitrogens with one attached hydrogen (secondary N) is 1. The van der Waals surface area contributed by atoms with Gasteiger partial charge in [-0.1, -0.05) is 5.16 Å². The van der Waals surface area contributed by atoms with Crippen LogP contribution in [-0.2, 0) is 11.2 Å². The zero-order chi connectivity index (χ0) is 11.4. The Morgan fingerprint density at radius 2 is 2.50 bits per heavy atom. The zero-order valence-electron chi connectivity index (χ0n) is 9.90. The van der Waals surface area contributed by atoms with E-state index in [9.17, 15) is 0 Å². The highest BCUT2D eigenvalue weighted by atomic mass is 16.5. The van der Waals surface area contributed by atoms with Gasteiger partial charge in [0.15, 0.2) is 5.82 Å². The van der Waals surface area contributed by atoms with E-state index in [1.54, 1.807) is 7.11 Å². The summed E-state index contributed by atoms with van der Waals surface area (Å²) in [4.78, 5) is 4.42. The van der Waals surface area contributed by atoms with E-state index in [0.717, 1.165) is 31.2 Å². The van der Waals surface area contributed by atoms with Crippen molar-refractivity contribution in [1.82, 2.24) is 15.5 Å². The molecule has 2 rings (SSSR count). The van der Waals surface area contributed by atoms with Gasteiger partial charge >= 0.3 is 0 Å². The number of methoxy groups -OCH3 is 1. The van der Waals surface area contributed by atoms with Crippen molar-refractivity contribution in [1.29, 1.82) is 0 Å². The second-order valence-electron chi connectivity index (χ2n) is 4.34. The smallest absolute Gasteiger partial charge is 0.231 e. The van der Waals surface area contributed by atoms with Crippen LogP contribution in [0.3, 0.4) is 0 Å². The van der Waals surface area contributed by atoms with E-state index in [-0.39, 0.29) is 6.10 Å². The molecule has 1 unspecified atom stereocenters. The van der Waals surface area contributed by atoms with Gasteiger partial charge < -0.3 is 14.6 Å². The van der Waals surface area contributed by atoms with Crippen LogP contribution >= 0.6 is 0 Å². The molecule has 1 aliphatic rings. The largest absolute Gasteiger partial charge is 0.381 e. The fourth-order valence-corrected chi connectivity index (χ4v) is 1.92. The van der Waals surface area contributed by atoms with Crippen LogP contribution in [0.4, 0.5) is 0 Å². The molecule has 5 nitrogen and oxygen atoms in total. The monoisotopic (exact) mass is 225 g/mol. The number of ether oxygens (including phenoxy) is 1. The average Bonchev–Trinajstić information content (AvgIpc) is 2.78. The second kappa shape index (κ2) is 5.41. The lowest BCUT2D eigenvalue weighted by Crippen LogP contribution is -2.28. The van der Waals surface area contributed by atoms with Crippen molar-refractivity contribution in [3.8, 4) is 0 Å².